The first-order valence-electron chi connectivity index (χ1n) is 6.71. The fourth-order valence-electron chi connectivity index (χ4n) is 1.94. The van der Waals surface area contributed by atoms with Crippen LogP contribution in [0.25, 0.3) is 0 Å². The lowest BCUT2D eigenvalue weighted by Gasteiger charge is -2.13. The van der Waals surface area contributed by atoms with Crippen LogP contribution in [0.2, 0.25) is 0 Å². The zero-order chi connectivity index (χ0) is 18.6. The first kappa shape index (κ1) is 17.9. The highest BCUT2D eigenvalue weighted by atomic mass is 19.4. The van der Waals surface area contributed by atoms with Gasteiger partial charge in [0.2, 0.25) is 0 Å². The first-order chi connectivity index (χ1) is 11.7. The van der Waals surface area contributed by atoms with Crippen LogP contribution < -0.4 is 10.9 Å². The standard InChI is InChI=1S/C15H10F3N3O4/c16-15(17,18)12-7-2-1-6-11(12)14(23)20-19-13(22)9-4-3-5-10(8-9)21(24)25/h1-8H,(H,19,22)(H,20,23). The van der Waals surface area contributed by atoms with E-state index in [0.717, 1.165) is 30.3 Å². The second-order valence-corrected chi connectivity index (χ2v) is 4.76. The van der Waals surface area contributed by atoms with E-state index < -0.39 is 34.0 Å². The van der Waals surface area contributed by atoms with Crippen molar-refractivity contribution >= 4 is 17.5 Å². The number of nitro benzene ring substituents is 1. The number of non-ortho nitro benzene ring substituents is 1. The summed E-state index contributed by atoms with van der Waals surface area (Å²) in [6.45, 7) is 0. The average Bonchev–Trinajstić information content (AvgIpc) is 2.58. The van der Waals surface area contributed by atoms with Gasteiger partial charge >= 0.3 is 6.18 Å². The van der Waals surface area contributed by atoms with Gasteiger partial charge in [0, 0.05) is 17.7 Å². The zero-order valence-electron chi connectivity index (χ0n) is 12.3. The molecular weight excluding hydrogens is 343 g/mol. The molecule has 2 amide bonds. The van der Waals surface area contributed by atoms with Crippen LogP contribution in [0.5, 0.6) is 0 Å². The largest absolute Gasteiger partial charge is 0.417 e. The molecule has 130 valence electrons. The van der Waals surface area contributed by atoms with Gasteiger partial charge in [-0.05, 0) is 18.2 Å². The topological polar surface area (TPSA) is 101 Å². The summed E-state index contributed by atoms with van der Waals surface area (Å²) in [5.74, 6) is -2.09. The third-order valence-corrected chi connectivity index (χ3v) is 3.09. The molecule has 25 heavy (non-hydrogen) atoms. The van der Waals surface area contributed by atoms with Crippen molar-refractivity contribution in [2.24, 2.45) is 0 Å². The predicted octanol–water partition coefficient (Wildman–Crippen LogP) is 2.69. The molecule has 2 N–H and O–H groups in total. The van der Waals surface area contributed by atoms with E-state index in [9.17, 15) is 32.9 Å². The second kappa shape index (κ2) is 6.99. The Morgan fingerprint density at radius 3 is 2.24 bits per heavy atom. The van der Waals surface area contributed by atoms with Gasteiger partial charge < -0.3 is 0 Å². The Labute approximate surface area is 138 Å². The molecule has 0 radical (unpaired) electrons. The van der Waals surface area contributed by atoms with Crippen molar-refractivity contribution < 1.29 is 27.7 Å². The van der Waals surface area contributed by atoms with Gasteiger partial charge in [-0.25, -0.2) is 0 Å². The Morgan fingerprint density at radius 2 is 1.60 bits per heavy atom. The fourth-order valence-corrected chi connectivity index (χ4v) is 1.94. The summed E-state index contributed by atoms with van der Waals surface area (Å²) in [4.78, 5) is 33.7. The molecule has 0 spiro atoms. The van der Waals surface area contributed by atoms with E-state index in [-0.39, 0.29) is 11.3 Å². The lowest BCUT2D eigenvalue weighted by molar-refractivity contribution is -0.384. The summed E-state index contributed by atoms with van der Waals surface area (Å²) in [5, 5.41) is 10.7. The maximum absolute atomic E-state index is 12.9. The van der Waals surface area contributed by atoms with Crippen LogP contribution in [-0.4, -0.2) is 16.7 Å². The minimum absolute atomic E-state index is 0.140. The van der Waals surface area contributed by atoms with E-state index in [1.165, 1.54) is 18.2 Å². The van der Waals surface area contributed by atoms with Crippen LogP contribution in [-0.2, 0) is 6.18 Å². The van der Waals surface area contributed by atoms with Gasteiger partial charge in [-0.1, -0.05) is 18.2 Å². The Hall–Kier alpha value is -3.43. The summed E-state index contributed by atoms with van der Waals surface area (Å²) < 4.78 is 38.6. The number of halogens is 3. The van der Waals surface area contributed by atoms with Crippen LogP contribution in [0, 0.1) is 10.1 Å². The normalized spacial score (nSPS) is 10.8. The van der Waals surface area contributed by atoms with Gasteiger partial charge in [-0.3, -0.25) is 30.6 Å². The monoisotopic (exact) mass is 353 g/mol. The number of nitrogens with one attached hydrogen (secondary N) is 2. The number of hydrogen-bond acceptors (Lipinski definition) is 4. The van der Waals surface area contributed by atoms with Crippen molar-refractivity contribution in [1.29, 1.82) is 0 Å². The number of rotatable bonds is 3. The molecule has 0 aliphatic carbocycles. The number of nitrogens with zero attached hydrogens (tertiary/aromatic N) is 1. The number of hydrogen-bond donors (Lipinski definition) is 2. The number of carbonyl (C=O) groups is 2. The number of amides is 2. The second-order valence-electron chi connectivity index (χ2n) is 4.76. The van der Waals surface area contributed by atoms with Gasteiger partial charge in [0.1, 0.15) is 0 Å². The lowest BCUT2D eigenvalue weighted by atomic mass is 10.1. The van der Waals surface area contributed by atoms with Crippen LogP contribution in [0.4, 0.5) is 18.9 Å². The van der Waals surface area contributed by atoms with Crippen LogP contribution >= 0.6 is 0 Å². The van der Waals surface area contributed by atoms with Crippen molar-refractivity contribution in [3.63, 3.8) is 0 Å². The van der Waals surface area contributed by atoms with Gasteiger partial charge in [-0.2, -0.15) is 13.2 Å². The maximum Gasteiger partial charge on any atom is 0.417 e. The molecule has 2 aromatic carbocycles. The zero-order valence-corrected chi connectivity index (χ0v) is 12.3. The van der Waals surface area contributed by atoms with Crippen LogP contribution in [0.15, 0.2) is 48.5 Å². The van der Waals surface area contributed by atoms with Gasteiger partial charge in [0.25, 0.3) is 17.5 Å². The first-order valence-corrected chi connectivity index (χ1v) is 6.71. The van der Waals surface area contributed by atoms with Crippen molar-refractivity contribution in [2.45, 2.75) is 6.18 Å². The van der Waals surface area contributed by atoms with Gasteiger partial charge in [0.05, 0.1) is 16.1 Å². The Kier molecular flexibility index (Phi) is 5.01. The summed E-state index contributed by atoms with van der Waals surface area (Å²) in [5.41, 5.74) is 1.45. The lowest BCUT2D eigenvalue weighted by Crippen LogP contribution is -2.42. The highest BCUT2D eigenvalue weighted by Crippen LogP contribution is 2.31. The van der Waals surface area contributed by atoms with Crippen LogP contribution in [0.3, 0.4) is 0 Å². The quantitative estimate of drug-likeness (QED) is 0.654. The van der Waals surface area contributed by atoms with E-state index in [2.05, 4.69) is 0 Å². The molecule has 10 heteroatoms. The summed E-state index contributed by atoms with van der Waals surface area (Å²) in [6, 6.07) is 8.69. The number of carbonyl (C=O) groups excluding carboxylic acids is 2. The molecule has 0 saturated carbocycles. The molecule has 2 aromatic rings. The van der Waals surface area contributed by atoms with E-state index >= 15 is 0 Å². The molecule has 0 heterocycles. The van der Waals surface area contributed by atoms with E-state index in [1.807, 2.05) is 10.9 Å². The molecular formula is C15H10F3N3O4. The summed E-state index contributed by atoms with van der Waals surface area (Å²) >= 11 is 0. The van der Waals surface area contributed by atoms with Crippen molar-refractivity contribution in [1.82, 2.24) is 10.9 Å². The molecule has 0 aliphatic heterocycles. The highest BCUT2D eigenvalue weighted by molar-refractivity contribution is 6.00. The smallest absolute Gasteiger partial charge is 0.267 e. The molecule has 2 rings (SSSR count). The predicted molar refractivity (Wildman–Crippen MR) is 79.5 cm³/mol. The fraction of sp³-hybridized carbons (Fsp3) is 0.0667. The van der Waals surface area contributed by atoms with E-state index in [4.69, 9.17) is 0 Å². The SMILES string of the molecule is O=C(NNC(=O)c1ccccc1C(F)(F)F)c1cccc([N+](=O)[O-])c1. The number of alkyl halides is 3. The molecule has 0 unspecified atom stereocenters. The molecule has 7 nitrogen and oxygen atoms in total. The van der Waals surface area contributed by atoms with Crippen molar-refractivity contribution in [2.75, 3.05) is 0 Å². The van der Waals surface area contributed by atoms with E-state index in [0.29, 0.717) is 0 Å². The number of hydrazine groups is 1. The maximum atomic E-state index is 12.9. The minimum Gasteiger partial charge on any atom is -0.267 e. The molecule has 0 saturated heterocycles. The number of nitro groups is 1. The molecule has 0 bridgehead atoms. The third kappa shape index (κ3) is 4.31. The minimum atomic E-state index is -4.74. The third-order valence-electron chi connectivity index (χ3n) is 3.09. The summed E-state index contributed by atoms with van der Waals surface area (Å²) in [6.07, 6.45) is -4.74. The van der Waals surface area contributed by atoms with Gasteiger partial charge in [-0.15, -0.1) is 0 Å². The Balaban J connectivity index is 2.12. The highest BCUT2D eigenvalue weighted by Gasteiger charge is 2.34. The Bertz CT molecular complexity index is 837. The number of benzene rings is 2. The van der Waals surface area contributed by atoms with Crippen molar-refractivity contribution in [3.8, 4) is 0 Å². The Morgan fingerprint density at radius 1 is 0.960 bits per heavy atom. The average molecular weight is 353 g/mol. The summed E-state index contributed by atoms with van der Waals surface area (Å²) in [7, 11) is 0. The van der Waals surface area contributed by atoms with Crippen molar-refractivity contribution in [3.05, 3.63) is 75.3 Å². The molecule has 0 atom stereocenters. The molecule has 0 fully saturated rings. The van der Waals surface area contributed by atoms with E-state index in [1.54, 1.807) is 0 Å². The van der Waals surface area contributed by atoms with Gasteiger partial charge in [0.15, 0.2) is 0 Å². The molecule has 0 aromatic heterocycles. The molecule has 0 aliphatic rings. The van der Waals surface area contributed by atoms with Crippen LogP contribution in [0.1, 0.15) is 26.3 Å².